The number of ether oxygens (including phenoxy) is 1. The number of hydrogen-bond acceptors (Lipinski definition) is 5. The molecular weight excluding hydrogens is 342 g/mol. The quantitative estimate of drug-likeness (QED) is 0.768. The minimum absolute atomic E-state index is 0.0978. The molecule has 1 aliphatic heterocycles. The van der Waals surface area contributed by atoms with Crippen LogP contribution < -0.4 is 10.1 Å². The van der Waals surface area contributed by atoms with Crippen LogP contribution in [0.3, 0.4) is 0 Å². The molecule has 4 rings (SSSR count). The highest BCUT2D eigenvalue weighted by Crippen LogP contribution is 2.36. The molecule has 1 aliphatic rings. The summed E-state index contributed by atoms with van der Waals surface area (Å²) in [5.41, 5.74) is 3.05. The van der Waals surface area contributed by atoms with Gasteiger partial charge in [-0.25, -0.2) is 4.68 Å². The summed E-state index contributed by atoms with van der Waals surface area (Å²) < 4.78 is 7.02. The van der Waals surface area contributed by atoms with Crippen molar-refractivity contribution in [2.24, 2.45) is 0 Å². The van der Waals surface area contributed by atoms with Gasteiger partial charge in [0, 0.05) is 17.1 Å². The van der Waals surface area contributed by atoms with Gasteiger partial charge in [0.25, 0.3) is 5.91 Å². The van der Waals surface area contributed by atoms with Crippen LogP contribution in [-0.4, -0.2) is 22.8 Å². The monoisotopic (exact) mass is 357 g/mol. The van der Waals surface area contributed by atoms with E-state index in [0.29, 0.717) is 4.88 Å². The molecule has 0 radical (unpaired) electrons. The summed E-state index contributed by atoms with van der Waals surface area (Å²) in [6.45, 7) is 0. The molecule has 24 heavy (non-hydrogen) atoms. The van der Waals surface area contributed by atoms with Crippen LogP contribution in [0.1, 0.15) is 20.9 Å². The number of anilines is 1. The summed E-state index contributed by atoms with van der Waals surface area (Å²) in [4.78, 5) is 13.2. The predicted molar refractivity (Wildman–Crippen MR) is 97.4 cm³/mol. The number of thioether (sulfide) groups is 1. The molecular formula is C17H15N3O2S2. The summed E-state index contributed by atoms with van der Waals surface area (Å²) in [6, 6.07) is 11.4. The third-order valence-electron chi connectivity index (χ3n) is 3.85. The minimum atomic E-state index is -0.0978. The fraction of sp³-hybridized carbons (Fsp3) is 0.176. The van der Waals surface area contributed by atoms with Crippen molar-refractivity contribution in [1.82, 2.24) is 9.78 Å². The van der Waals surface area contributed by atoms with Gasteiger partial charge in [-0.3, -0.25) is 4.79 Å². The Morgan fingerprint density at radius 2 is 2.08 bits per heavy atom. The number of thiophene rings is 1. The zero-order valence-electron chi connectivity index (χ0n) is 13.0. The van der Waals surface area contributed by atoms with Crippen molar-refractivity contribution in [2.75, 3.05) is 12.4 Å². The van der Waals surface area contributed by atoms with Gasteiger partial charge in [0.15, 0.2) is 0 Å². The highest BCUT2D eigenvalue weighted by Gasteiger charge is 2.25. The number of nitrogens with one attached hydrogen (secondary N) is 1. The summed E-state index contributed by atoms with van der Waals surface area (Å²) in [5, 5.41) is 9.64. The molecule has 1 N–H and O–H groups in total. The first kappa shape index (κ1) is 15.3. The lowest BCUT2D eigenvalue weighted by atomic mass is 10.2. The lowest BCUT2D eigenvalue weighted by molar-refractivity contribution is 0.102. The van der Waals surface area contributed by atoms with Gasteiger partial charge < -0.3 is 10.1 Å². The number of nitrogens with zero attached hydrogens (tertiary/aromatic N) is 2. The maximum Gasteiger partial charge on any atom is 0.266 e. The van der Waals surface area contributed by atoms with Crippen LogP contribution in [0.4, 0.5) is 5.82 Å². The van der Waals surface area contributed by atoms with Crippen LogP contribution in [0.2, 0.25) is 0 Å². The highest BCUT2D eigenvalue weighted by atomic mass is 32.2. The van der Waals surface area contributed by atoms with Gasteiger partial charge in [0.1, 0.15) is 11.6 Å². The van der Waals surface area contributed by atoms with Gasteiger partial charge in [0.05, 0.1) is 23.4 Å². The Kier molecular flexibility index (Phi) is 4.03. The minimum Gasteiger partial charge on any atom is -0.497 e. The van der Waals surface area contributed by atoms with E-state index in [1.165, 1.54) is 11.3 Å². The first-order chi connectivity index (χ1) is 11.8. The molecule has 0 atom stereocenters. The van der Waals surface area contributed by atoms with E-state index in [4.69, 9.17) is 9.84 Å². The third-order valence-corrected chi connectivity index (χ3v) is 5.68. The van der Waals surface area contributed by atoms with Crippen molar-refractivity contribution >= 4 is 34.8 Å². The zero-order chi connectivity index (χ0) is 16.5. The molecule has 0 fully saturated rings. The summed E-state index contributed by atoms with van der Waals surface area (Å²) >= 11 is 3.24. The molecule has 1 aromatic carbocycles. The highest BCUT2D eigenvalue weighted by molar-refractivity contribution is 7.98. The van der Waals surface area contributed by atoms with Crippen molar-refractivity contribution in [1.29, 1.82) is 0 Å². The molecule has 1 amide bonds. The van der Waals surface area contributed by atoms with E-state index in [1.54, 1.807) is 7.11 Å². The number of hydrogen-bond donors (Lipinski definition) is 1. The molecule has 0 bridgehead atoms. The second-order valence-electron chi connectivity index (χ2n) is 5.31. The van der Waals surface area contributed by atoms with Crippen LogP contribution in [0.25, 0.3) is 5.69 Å². The molecule has 0 aliphatic carbocycles. The molecule has 0 saturated carbocycles. The van der Waals surface area contributed by atoms with Crippen molar-refractivity contribution in [2.45, 2.75) is 11.5 Å². The Morgan fingerprint density at radius 1 is 1.25 bits per heavy atom. The standard InChI is InChI=1S/C17H15N3O2S2/c1-22-12-6-4-11(5-7-12)20-16(13-9-23-10-14(13)19-20)18-17(21)15-3-2-8-24-15/h2-8H,9-10H2,1H3,(H,18,21). The van der Waals surface area contributed by atoms with Crippen LogP contribution in [0, 0.1) is 0 Å². The molecule has 0 saturated heterocycles. The first-order valence-corrected chi connectivity index (χ1v) is 9.47. The number of benzene rings is 1. The second-order valence-corrected chi connectivity index (χ2v) is 7.24. The van der Waals surface area contributed by atoms with E-state index in [2.05, 4.69) is 5.32 Å². The Hall–Kier alpha value is -2.25. The van der Waals surface area contributed by atoms with Crippen LogP contribution in [0.15, 0.2) is 41.8 Å². The van der Waals surface area contributed by atoms with E-state index in [9.17, 15) is 4.79 Å². The molecule has 2 aromatic heterocycles. The topological polar surface area (TPSA) is 56.1 Å². The Balaban J connectivity index is 1.73. The fourth-order valence-electron chi connectivity index (χ4n) is 2.63. The summed E-state index contributed by atoms with van der Waals surface area (Å²) in [7, 11) is 1.64. The lowest BCUT2D eigenvalue weighted by Gasteiger charge is -2.11. The third kappa shape index (κ3) is 2.70. The fourth-order valence-corrected chi connectivity index (χ4v) is 4.28. The Bertz CT molecular complexity index is 870. The van der Waals surface area contributed by atoms with Crippen molar-refractivity contribution < 1.29 is 9.53 Å². The number of rotatable bonds is 4. The smallest absolute Gasteiger partial charge is 0.266 e. The van der Waals surface area contributed by atoms with Crippen LogP contribution >= 0.6 is 23.1 Å². The maximum absolute atomic E-state index is 12.5. The number of aromatic nitrogens is 2. The molecule has 3 aromatic rings. The van der Waals surface area contributed by atoms with E-state index in [0.717, 1.165) is 40.0 Å². The van der Waals surface area contributed by atoms with E-state index in [1.807, 2.05) is 58.2 Å². The van der Waals surface area contributed by atoms with E-state index < -0.39 is 0 Å². The maximum atomic E-state index is 12.5. The molecule has 7 heteroatoms. The van der Waals surface area contributed by atoms with Gasteiger partial charge in [-0.05, 0) is 35.7 Å². The van der Waals surface area contributed by atoms with Gasteiger partial charge in [-0.1, -0.05) is 6.07 Å². The average molecular weight is 357 g/mol. The van der Waals surface area contributed by atoms with Crippen molar-refractivity contribution in [3.05, 3.63) is 57.9 Å². The Labute approximate surface area is 147 Å². The van der Waals surface area contributed by atoms with Gasteiger partial charge in [-0.2, -0.15) is 16.9 Å². The summed E-state index contributed by atoms with van der Waals surface area (Å²) in [5.74, 6) is 3.20. The SMILES string of the molecule is COc1ccc(-n2nc3c(c2NC(=O)c2cccs2)CSC3)cc1. The molecule has 122 valence electrons. The average Bonchev–Trinajstić information content (AvgIpc) is 3.33. The van der Waals surface area contributed by atoms with Crippen LogP contribution in [0.5, 0.6) is 5.75 Å². The zero-order valence-corrected chi connectivity index (χ0v) is 14.6. The molecule has 0 unspecified atom stereocenters. The number of carbonyl (C=O) groups excluding carboxylic acids is 1. The van der Waals surface area contributed by atoms with Gasteiger partial charge in [0.2, 0.25) is 0 Å². The second kappa shape index (κ2) is 6.33. The normalized spacial score (nSPS) is 12.9. The molecule has 0 spiro atoms. The first-order valence-electron chi connectivity index (χ1n) is 7.44. The Morgan fingerprint density at radius 3 is 2.79 bits per heavy atom. The number of carbonyl (C=O) groups is 1. The largest absolute Gasteiger partial charge is 0.497 e. The lowest BCUT2D eigenvalue weighted by Crippen LogP contribution is -2.15. The molecule has 5 nitrogen and oxygen atoms in total. The molecule has 3 heterocycles. The van der Waals surface area contributed by atoms with Gasteiger partial charge >= 0.3 is 0 Å². The van der Waals surface area contributed by atoms with Crippen LogP contribution in [-0.2, 0) is 11.5 Å². The summed E-state index contributed by atoms with van der Waals surface area (Å²) in [6.07, 6.45) is 0. The number of amides is 1. The van der Waals surface area contributed by atoms with E-state index >= 15 is 0 Å². The van der Waals surface area contributed by atoms with Crippen molar-refractivity contribution in [3.63, 3.8) is 0 Å². The van der Waals surface area contributed by atoms with Crippen molar-refractivity contribution in [3.8, 4) is 11.4 Å². The van der Waals surface area contributed by atoms with Gasteiger partial charge in [-0.15, -0.1) is 11.3 Å². The number of methoxy groups -OCH3 is 1. The number of fused-ring (bicyclic) bond motifs is 1. The van der Waals surface area contributed by atoms with E-state index in [-0.39, 0.29) is 5.91 Å². The predicted octanol–water partition coefficient (Wildman–Crippen LogP) is 3.94.